The van der Waals surface area contributed by atoms with Crippen LogP contribution < -0.4 is 10.6 Å². The number of hydrogen-bond donors (Lipinski definition) is 2. The van der Waals surface area contributed by atoms with E-state index in [0.717, 1.165) is 36.3 Å². The number of imidazole rings is 1. The molecule has 1 fully saturated rings. The van der Waals surface area contributed by atoms with E-state index in [9.17, 15) is 0 Å². The molecule has 1 unspecified atom stereocenters. The average Bonchev–Trinajstić information content (AvgIpc) is 3.02. The number of nitrogens with one attached hydrogen (secondary N) is 2. The smallest absolute Gasteiger partial charge is 0.191 e. The van der Waals surface area contributed by atoms with Gasteiger partial charge in [-0.05, 0) is 57.3 Å². The van der Waals surface area contributed by atoms with Crippen molar-refractivity contribution in [1.29, 1.82) is 0 Å². The molecule has 0 aliphatic carbocycles. The van der Waals surface area contributed by atoms with Crippen LogP contribution in [0.3, 0.4) is 0 Å². The van der Waals surface area contributed by atoms with E-state index < -0.39 is 0 Å². The average molecular weight is 554 g/mol. The maximum absolute atomic E-state index is 4.81. The second-order valence-electron chi connectivity index (χ2n) is 8.71. The second-order valence-corrected chi connectivity index (χ2v) is 8.71. The van der Waals surface area contributed by atoms with Crippen molar-refractivity contribution in [1.82, 2.24) is 30.1 Å². The quantitative estimate of drug-likeness (QED) is 0.292. The van der Waals surface area contributed by atoms with Crippen molar-refractivity contribution in [3.8, 4) is 5.82 Å². The number of pyridine rings is 1. The first-order chi connectivity index (χ1) is 15.1. The van der Waals surface area contributed by atoms with Gasteiger partial charge in [0.05, 0.1) is 6.54 Å². The normalized spacial score (nSPS) is 16.3. The lowest BCUT2D eigenvalue weighted by Gasteiger charge is -2.34. The fourth-order valence-electron chi connectivity index (χ4n) is 4.20. The Kier molecular flexibility index (Phi) is 11.4. The molecule has 2 aromatic heterocycles. The molecule has 0 saturated carbocycles. The van der Waals surface area contributed by atoms with Gasteiger partial charge in [0.1, 0.15) is 11.6 Å². The van der Waals surface area contributed by atoms with E-state index in [1.165, 1.54) is 38.8 Å². The molecular formula is C24H40IN7. The maximum atomic E-state index is 4.81. The summed E-state index contributed by atoms with van der Waals surface area (Å²) in [4.78, 5) is 16.3. The van der Waals surface area contributed by atoms with E-state index in [0.29, 0.717) is 18.5 Å². The van der Waals surface area contributed by atoms with Crippen LogP contribution in [0.1, 0.15) is 57.8 Å². The summed E-state index contributed by atoms with van der Waals surface area (Å²) in [6.07, 6.45) is 11.0. The topological polar surface area (TPSA) is 70.4 Å². The van der Waals surface area contributed by atoms with Crippen LogP contribution in [0.15, 0.2) is 35.7 Å². The van der Waals surface area contributed by atoms with Crippen LogP contribution in [-0.4, -0.2) is 57.6 Å². The molecule has 2 aromatic rings. The number of guanidine groups is 1. The third-order valence-electron chi connectivity index (χ3n) is 6.00. The number of nitrogens with zero attached hydrogens (tertiary/aromatic N) is 5. The van der Waals surface area contributed by atoms with E-state index in [-0.39, 0.29) is 24.0 Å². The predicted octanol–water partition coefficient (Wildman–Crippen LogP) is 4.15. The van der Waals surface area contributed by atoms with Gasteiger partial charge >= 0.3 is 0 Å². The lowest BCUT2D eigenvalue weighted by molar-refractivity contribution is 0.161. The molecule has 2 N–H and O–H groups in total. The highest BCUT2D eigenvalue weighted by Gasteiger charge is 2.22. The lowest BCUT2D eigenvalue weighted by atomic mass is 10.0. The number of hydrogen-bond acceptors (Lipinski definition) is 4. The van der Waals surface area contributed by atoms with Crippen LogP contribution in [0.25, 0.3) is 5.82 Å². The minimum Gasteiger partial charge on any atom is -0.357 e. The Balaban J connectivity index is 0.00000363. The monoisotopic (exact) mass is 553 g/mol. The number of likely N-dealkylation sites (tertiary alicyclic amines) is 1. The van der Waals surface area contributed by atoms with Gasteiger partial charge in [-0.2, -0.15) is 0 Å². The van der Waals surface area contributed by atoms with E-state index in [1.807, 2.05) is 30.0 Å². The molecule has 32 heavy (non-hydrogen) atoms. The van der Waals surface area contributed by atoms with E-state index in [1.54, 1.807) is 6.20 Å². The van der Waals surface area contributed by atoms with Crippen molar-refractivity contribution in [2.45, 2.75) is 66.0 Å². The van der Waals surface area contributed by atoms with Gasteiger partial charge in [-0.3, -0.25) is 9.47 Å². The number of halogens is 1. The second kappa shape index (κ2) is 13.8. The molecule has 1 saturated heterocycles. The van der Waals surface area contributed by atoms with Crippen molar-refractivity contribution in [3.05, 3.63) is 42.1 Å². The number of aliphatic imine (C=N–C) groups is 1. The van der Waals surface area contributed by atoms with Gasteiger partial charge < -0.3 is 10.6 Å². The molecule has 0 radical (unpaired) electrons. The summed E-state index contributed by atoms with van der Waals surface area (Å²) >= 11 is 0. The highest BCUT2D eigenvalue weighted by atomic mass is 127. The van der Waals surface area contributed by atoms with Gasteiger partial charge in [0.15, 0.2) is 5.96 Å². The zero-order chi connectivity index (χ0) is 22.1. The Morgan fingerprint density at radius 1 is 1.09 bits per heavy atom. The molecule has 3 rings (SSSR count). The largest absolute Gasteiger partial charge is 0.357 e. The third-order valence-corrected chi connectivity index (χ3v) is 6.00. The molecule has 1 aliphatic heterocycles. The molecular weight excluding hydrogens is 513 g/mol. The van der Waals surface area contributed by atoms with Crippen molar-refractivity contribution in [2.75, 3.05) is 26.2 Å². The Morgan fingerprint density at radius 2 is 1.84 bits per heavy atom. The molecule has 0 amide bonds. The van der Waals surface area contributed by atoms with E-state index in [2.05, 4.69) is 52.3 Å². The summed E-state index contributed by atoms with van der Waals surface area (Å²) in [6.45, 7) is 13.5. The van der Waals surface area contributed by atoms with Crippen LogP contribution in [0.2, 0.25) is 0 Å². The lowest BCUT2D eigenvalue weighted by Crippen LogP contribution is -2.49. The van der Waals surface area contributed by atoms with Crippen molar-refractivity contribution >= 4 is 29.9 Å². The summed E-state index contributed by atoms with van der Waals surface area (Å²) in [7, 11) is 0. The first kappa shape index (κ1) is 26.6. The molecule has 1 atom stereocenters. The first-order valence-electron chi connectivity index (χ1n) is 11.8. The molecule has 1 aliphatic rings. The standard InChI is InChI=1S/C24H39N7.HI/c1-5-25-24(29-18-22(19(2)3)30-13-8-6-7-9-14-30)28-17-21-10-11-23(27-16-21)31-15-12-26-20(31)4;/h10-12,15-16,19,22H,5-9,13-14,17-18H2,1-4H3,(H2,25,28,29);1H. The highest BCUT2D eigenvalue weighted by molar-refractivity contribution is 14.0. The fourth-order valence-corrected chi connectivity index (χ4v) is 4.20. The summed E-state index contributed by atoms with van der Waals surface area (Å²) in [5.74, 6) is 3.29. The maximum Gasteiger partial charge on any atom is 0.191 e. The zero-order valence-electron chi connectivity index (χ0n) is 20.0. The van der Waals surface area contributed by atoms with Crippen LogP contribution in [0, 0.1) is 12.8 Å². The Morgan fingerprint density at radius 3 is 2.41 bits per heavy atom. The zero-order valence-corrected chi connectivity index (χ0v) is 22.4. The van der Waals surface area contributed by atoms with Crippen molar-refractivity contribution in [2.24, 2.45) is 10.9 Å². The predicted molar refractivity (Wildman–Crippen MR) is 143 cm³/mol. The minimum atomic E-state index is 0. The van der Waals surface area contributed by atoms with Gasteiger partial charge in [-0.1, -0.05) is 32.8 Å². The van der Waals surface area contributed by atoms with Crippen molar-refractivity contribution in [3.63, 3.8) is 0 Å². The van der Waals surface area contributed by atoms with Gasteiger partial charge in [0, 0.05) is 37.7 Å². The van der Waals surface area contributed by atoms with Crippen LogP contribution in [0.4, 0.5) is 0 Å². The minimum absolute atomic E-state index is 0. The fraction of sp³-hybridized carbons (Fsp3) is 0.625. The Hall–Kier alpha value is -1.68. The molecule has 0 bridgehead atoms. The van der Waals surface area contributed by atoms with Crippen LogP contribution in [0.5, 0.6) is 0 Å². The molecule has 3 heterocycles. The van der Waals surface area contributed by atoms with Crippen molar-refractivity contribution < 1.29 is 0 Å². The molecule has 178 valence electrons. The highest BCUT2D eigenvalue weighted by Crippen LogP contribution is 2.17. The van der Waals surface area contributed by atoms with E-state index in [4.69, 9.17) is 4.99 Å². The summed E-state index contributed by atoms with van der Waals surface area (Å²) in [6, 6.07) is 4.64. The first-order valence-corrected chi connectivity index (χ1v) is 11.8. The number of aromatic nitrogens is 3. The SMILES string of the molecule is CCNC(=NCc1ccc(-n2ccnc2C)nc1)NCC(C(C)C)N1CCCCCC1.I. The Labute approximate surface area is 210 Å². The Bertz CT molecular complexity index is 808. The molecule has 8 heteroatoms. The van der Waals surface area contributed by atoms with Gasteiger partial charge in [-0.25, -0.2) is 15.0 Å². The van der Waals surface area contributed by atoms with E-state index >= 15 is 0 Å². The van der Waals surface area contributed by atoms with Crippen LogP contribution >= 0.6 is 24.0 Å². The summed E-state index contributed by atoms with van der Waals surface area (Å²) in [5, 5.41) is 6.99. The van der Waals surface area contributed by atoms with Gasteiger partial charge in [0.25, 0.3) is 0 Å². The molecule has 0 aromatic carbocycles. The number of rotatable bonds is 8. The summed E-state index contributed by atoms with van der Waals surface area (Å²) in [5.41, 5.74) is 1.09. The van der Waals surface area contributed by atoms with Gasteiger partial charge in [-0.15, -0.1) is 24.0 Å². The number of aryl methyl sites for hydroxylation is 1. The van der Waals surface area contributed by atoms with Crippen LogP contribution in [-0.2, 0) is 6.54 Å². The molecule has 7 nitrogen and oxygen atoms in total. The van der Waals surface area contributed by atoms with Gasteiger partial charge in [0.2, 0.25) is 0 Å². The third kappa shape index (κ3) is 7.72. The molecule has 0 spiro atoms. The summed E-state index contributed by atoms with van der Waals surface area (Å²) < 4.78 is 1.98.